The Balaban J connectivity index is 1.74. The maximum atomic E-state index is 13.9. The van der Waals surface area contributed by atoms with Gasteiger partial charge in [0.2, 0.25) is 0 Å². The second kappa shape index (κ2) is 7.65. The van der Waals surface area contributed by atoms with E-state index < -0.39 is 5.82 Å². The van der Waals surface area contributed by atoms with Crippen molar-refractivity contribution in [2.45, 2.75) is 12.5 Å². The number of aromatic nitrogens is 3. The molecule has 1 atom stereocenters. The second-order valence-corrected chi connectivity index (χ2v) is 8.01. The number of imidazole rings is 1. The number of benzene rings is 2. The van der Waals surface area contributed by atoms with E-state index in [4.69, 9.17) is 22.3 Å². The fourth-order valence-electron chi connectivity index (χ4n) is 4.07. The minimum absolute atomic E-state index is 0.0116. The van der Waals surface area contributed by atoms with Gasteiger partial charge in [-0.2, -0.15) is 5.26 Å². The number of nitrogens with two attached hydrogens (primary N) is 1. The molecule has 6 nitrogen and oxygen atoms in total. The van der Waals surface area contributed by atoms with Crippen molar-refractivity contribution in [1.29, 1.82) is 5.26 Å². The summed E-state index contributed by atoms with van der Waals surface area (Å²) in [6, 6.07) is 12.1. The largest absolute Gasteiger partial charge is 0.369 e. The lowest BCUT2D eigenvalue weighted by Crippen LogP contribution is -2.27. The van der Waals surface area contributed by atoms with Crippen LogP contribution < -0.4 is 10.6 Å². The van der Waals surface area contributed by atoms with Crippen LogP contribution in [0.5, 0.6) is 0 Å². The average molecular weight is 433 g/mol. The Bertz CT molecular complexity index is 1340. The highest BCUT2D eigenvalue weighted by molar-refractivity contribution is 6.35. The molecule has 3 N–H and O–H groups in total. The van der Waals surface area contributed by atoms with E-state index in [2.05, 4.69) is 14.9 Å². The first-order valence-electron chi connectivity index (χ1n) is 9.88. The molecular formula is C23H18ClFN6. The van der Waals surface area contributed by atoms with Crippen LogP contribution in [0.2, 0.25) is 5.02 Å². The molecule has 2 aromatic heterocycles. The van der Waals surface area contributed by atoms with Crippen LogP contribution in [0.15, 0.2) is 48.8 Å². The van der Waals surface area contributed by atoms with Crippen molar-refractivity contribution >= 4 is 28.3 Å². The van der Waals surface area contributed by atoms with E-state index >= 15 is 0 Å². The molecule has 3 heterocycles. The summed E-state index contributed by atoms with van der Waals surface area (Å²) in [5, 5.41) is 9.85. The van der Waals surface area contributed by atoms with Crippen molar-refractivity contribution in [2.24, 2.45) is 5.73 Å². The molecule has 8 heteroatoms. The number of nitriles is 1. The highest BCUT2D eigenvalue weighted by atomic mass is 35.5. The topological polar surface area (TPSA) is 94.6 Å². The van der Waals surface area contributed by atoms with Gasteiger partial charge in [0.25, 0.3) is 0 Å². The number of H-pyrrole nitrogens is 1. The number of hydrogen-bond acceptors (Lipinski definition) is 5. The molecule has 1 aliphatic heterocycles. The van der Waals surface area contributed by atoms with Gasteiger partial charge >= 0.3 is 0 Å². The van der Waals surface area contributed by atoms with E-state index in [1.807, 2.05) is 18.2 Å². The molecule has 31 heavy (non-hydrogen) atoms. The van der Waals surface area contributed by atoms with Gasteiger partial charge in [-0.3, -0.25) is 4.98 Å². The molecule has 1 fully saturated rings. The molecule has 0 bridgehead atoms. The highest BCUT2D eigenvalue weighted by Gasteiger charge is 2.26. The van der Waals surface area contributed by atoms with E-state index in [9.17, 15) is 9.65 Å². The maximum absolute atomic E-state index is 13.9. The number of fused-ring (bicyclic) bond motifs is 1. The van der Waals surface area contributed by atoms with Gasteiger partial charge in [-0.1, -0.05) is 23.7 Å². The third-order valence-corrected chi connectivity index (χ3v) is 5.88. The summed E-state index contributed by atoms with van der Waals surface area (Å²) in [6.45, 7) is 1.45. The van der Waals surface area contributed by atoms with Crippen LogP contribution in [0.1, 0.15) is 12.0 Å². The number of anilines is 1. The number of nitrogens with zero attached hydrogens (tertiary/aromatic N) is 4. The summed E-state index contributed by atoms with van der Waals surface area (Å²) in [4.78, 5) is 14.7. The molecular weight excluding hydrogens is 415 g/mol. The molecule has 4 aromatic rings. The molecule has 0 unspecified atom stereocenters. The molecule has 0 amide bonds. The number of nitrogens with one attached hydrogen (secondary N) is 1. The zero-order chi connectivity index (χ0) is 21.5. The van der Waals surface area contributed by atoms with Crippen LogP contribution in [0.4, 0.5) is 10.1 Å². The Morgan fingerprint density at radius 3 is 2.81 bits per heavy atom. The lowest BCUT2D eigenvalue weighted by Gasteiger charge is -2.24. The Hall–Kier alpha value is -3.47. The summed E-state index contributed by atoms with van der Waals surface area (Å²) in [6.07, 6.45) is 4.34. The van der Waals surface area contributed by atoms with Crippen LogP contribution in [-0.2, 0) is 0 Å². The van der Waals surface area contributed by atoms with Crippen molar-refractivity contribution in [2.75, 3.05) is 18.0 Å². The van der Waals surface area contributed by atoms with E-state index in [1.54, 1.807) is 30.6 Å². The van der Waals surface area contributed by atoms with Gasteiger partial charge in [0, 0.05) is 37.1 Å². The van der Waals surface area contributed by atoms with Crippen LogP contribution in [0, 0.1) is 17.1 Å². The quantitative estimate of drug-likeness (QED) is 0.497. The number of pyridine rings is 1. The summed E-state index contributed by atoms with van der Waals surface area (Å²) >= 11 is 6.33. The zero-order valence-electron chi connectivity index (χ0n) is 16.4. The lowest BCUT2D eigenvalue weighted by molar-refractivity contribution is 0.624. The van der Waals surface area contributed by atoms with Crippen molar-refractivity contribution in [1.82, 2.24) is 15.0 Å². The monoisotopic (exact) mass is 432 g/mol. The molecule has 5 rings (SSSR count). The molecule has 1 aliphatic rings. The third-order valence-electron chi connectivity index (χ3n) is 5.57. The van der Waals surface area contributed by atoms with Crippen molar-refractivity contribution in [3.8, 4) is 28.6 Å². The fourth-order valence-corrected chi connectivity index (χ4v) is 4.29. The molecule has 0 spiro atoms. The molecule has 0 aliphatic carbocycles. The maximum Gasteiger partial charge on any atom is 0.142 e. The highest BCUT2D eigenvalue weighted by Crippen LogP contribution is 2.40. The molecule has 154 valence electrons. The van der Waals surface area contributed by atoms with Crippen molar-refractivity contribution in [3.63, 3.8) is 0 Å². The predicted octanol–water partition coefficient (Wildman–Crippen LogP) is 4.49. The zero-order valence-corrected chi connectivity index (χ0v) is 17.2. The minimum Gasteiger partial charge on any atom is -0.369 e. The predicted molar refractivity (Wildman–Crippen MR) is 119 cm³/mol. The second-order valence-electron chi connectivity index (χ2n) is 7.61. The Labute approximate surface area is 183 Å². The number of halogens is 2. The van der Waals surface area contributed by atoms with Crippen molar-refractivity contribution in [3.05, 3.63) is 65.2 Å². The van der Waals surface area contributed by atoms with Crippen LogP contribution in [0.25, 0.3) is 33.5 Å². The number of hydrogen-bond donors (Lipinski definition) is 2. The first kappa shape index (κ1) is 19.5. The average Bonchev–Trinajstić information content (AvgIpc) is 3.40. The SMILES string of the molecule is N#Cc1cc(-c2cncc(-c3nc4c(Cl)cccc4[nH]3)c2N2CC[C@H](N)C2)ccc1F. The molecule has 0 saturated carbocycles. The van der Waals surface area contributed by atoms with Gasteiger partial charge in [0.1, 0.15) is 23.2 Å². The van der Waals surface area contributed by atoms with Gasteiger partial charge < -0.3 is 15.6 Å². The van der Waals surface area contributed by atoms with E-state index in [1.165, 1.54) is 6.07 Å². The van der Waals surface area contributed by atoms with Gasteiger partial charge in [-0.05, 0) is 36.2 Å². The van der Waals surface area contributed by atoms with Gasteiger partial charge in [0.05, 0.1) is 27.4 Å². The molecule has 0 radical (unpaired) electrons. The number of aromatic amines is 1. The normalized spacial score (nSPS) is 16.1. The first-order chi connectivity index (χ1) is 15.0. The standard InChI is InChI=1S/C23H18ClFN6/c24-18-2-1-3-20-21(18)30-23(29-20)17-11-28-10-16(22(17)31-7-6-15(27)12-31)13-4-5-19(25)14(8-13)9-26/h1-5,8,10-11,15H,6-7,12,27H2,(H,29,30)/t15-/m0/s1. The Morgan fingerprint density at radius 1 is 1.23 bits per heavy atom. The number of rotatable bonds is 3. The molecule has 2 aromatic carbocycles. The summed E-state index contributed by atoms with van der Waals surface area (Å²) in [5.41, 5.74) is 10.9. The number of para-hydroxylation sites is 1. The van der Waals surface area contributed by atoms with Crippen molar-refractivity contribution < 1.29 is 4.39 Å². The van der Waals surface area contributed by atoms with Crippen LogP contribution in [0.3, 0.4) is 0 Å². The lowest BCUT2D eigenvalue weighted by atomic mass is 9.99. The van der Waals surface area contributed by atoms with E-state index in [0.29, 0.717) is 28.5 Å². The van der Waals surface area contributed by atoms with Crippen LogP contribution >= 0.6 is 11.6 Å². The third kappa shape index (κ3) is 3.40. The van der Waals surface area contributed by atoms with E-state index in [0.717, 1.165) is 35.3 Å². The minimum atomic E-state index is -0.549. The fraction of sp³-hybridized carbons (Fsp3) is 0.174. The Kier molecular flexibility index (Phi) is 4.81. The Morgan fingerprint density at radius 2 is 2.06 bits per heavy atom. The van der Waals surface area contributed by atoms with Gasteiger partial charge in [-0.15, -0.1) is 0 Å². The van der Waals surface area contributed by atoms with Crippen LogP contribution in [-0.4, -0.2) is 34.1 Å². The van der Waals surface area contributed by atoms with E-state index in [-0.39, 0.29) is 11.6 Å². The molecule has 1 saturated heterocycles. The first-order valence-corrected chi connectivity index (χ1v) is 10.3. The summed E-state index contributed by atoms with van der Waals surface area (Å²) in [7, 11) is 0. The van der Waals surface area contributed by atoms with Gasteiger partial charge in [0.15, 0.2) is 0 Å². The summed E-state index contributed by atoms with van der Waals surface area (Å²) < 4.78 is 13.9. The summed E-state index contributed by atoms with van der Waals surface area (Å²) in [5.74, 6) is 0.0857. The van der Waals surface area contributed by atoms with Gasteiger partial charge in [-0.25, -0.2) is 9.37 Å². The smallest absolute Gasteiger partial charge is 0.142 e.